The van der Waals surface area contributed by atoms with Crippen molar-refractivity contribution in [2.45, 2.75) is 51.2 Å². The maximum absolute atomic E-state index is 11.5. The molecule has 1 heterocycles. The van der Waals surface area contributed by atoms with Crippen LogP contribution in [0.1, 0.15) is 44.9 Å². The first-order valence-corrected chi connectivity index (χ1v) is 6.68. The van der Waals surface area contributed by atoms with Gasteiger partial charge in [0.15, 0.2) is 0 Å². The molecular formula is C13H22N2O2. The van der Waals surface area contributed by atoms with Crippen molar-refractivity contribution in [1.29, 1.82) is 0 Å². The van der Waals surface area contributed by atoms with Crippen molar-refractivity contribution in [3.8, 4) is 0 Å². The van der Waals surface area contributed by atoms with Gasteiger partial charge in [-0.25, -0.2) is 4.79 Å². The average Bonchev–Trinajstić information content (AvgIpc) is 2.83. The Bertz CT molecular complexity index is 283. The third-order valence-electron chi connectivity index (χ3n) is 3.34. The highest BCUT2D eigenvalue weighted by atomic mass is 16.5. The molecular weight excluding hydrogens is 216 g/mol. The second-order valence-corrected chi connectivity index (χ2v) is 4.76. The van der Waals surface area contributed by atoms with Crippen molar-refractivity contribution in [2.24, 2.45) is 0 Å². The topological polar surface area (TPSA) is 50.4 Å². The van der Waals surface area contributed by atoms with Crippen molar-refractivity contribution in [2.75, 3.05) is 13.2 Å². The van der Waals surface area contributed by atoms with Gasteiger partial charge < -0.3 is 15.4 Å². The van der Waals surface area contributed by atoms with Crippen LogP contribution in [-0.2, 0) is 4.74 Å². The van der Waals surface area contributed by atoms with Crippen molar-refractivity contribution in [3.05, 3.63) is 11.6 Å². The second kappa shape index (κ2) is 6.64. The van der Waals surface area contributed by atoms with Crippen LogP contribution in [0.25, 0.3) is 0 Å². The van der Waals surface area contributed by atoms with Crippen molar-refractivity contribution >= 4 is 6.03 Å². The summed E-state index contributed by atoms with van der Waals surface area (Å²) in [5, 5.41) is 5.71. The van der Waals surface area contributed by atoms with Gasteiger partial charge in [-0.05, 0) is 44.9 Å². The highest BCUT2D eigenvalue weighted by Crippen LogP contribution is 2.19. The van der Waals surface area contributed by atoms with Crippen LogP contribution in [0.4, 0.5) is 4.79 Å². The average molecular weight is 238 g/mol. The Hall–Kier alpha value is -1.03. The number of amides is 2. The first kappa shape index (κ1) is 12.4. The standard InChI is InChI=1S/C13H22N2O2/c16-13(15-12-7-4-10-17-12)14-9-8-11-5-2-1-3-6-11/h5,12H,1-4,6-10H2,(H2,14,15,16). The minimum Gasteiger partial charge on any atom is -0.358 e. The van der Waals surface area contributed by atoms with E-state index in [0.29, 0.717) is 0 Å². The third kappa shape index (κ3) is 4.38. The predicted molar refractivity (Wildman–Crippen MR) is 66.7 cm³/mol. The van der Waals surface area contributed by atoms with Gasteiger partial charge in [0.2, 0.25) is 0 Å². The number of carbonyl (C=O) groups excluding carboxylic acids is 1. The van der Waals surface area contributed by atoms with Crippen LogP contribution in [0, 0.1) is 0 Å². The van der Waals surface area contributed by atoms with Crippen LogP contribution in [0.2, 0.25) is 0 Å². The lowest BCUT2D eigenvalue weighted by molar-refractivity contribution is 0.0908. The molecule has 0 saturated carbocycles. The highest BCUT2D eigenvalue weighted by molar-refractivity contribution is 5.74. The number of carbonyl (C=O) groups is 1. The minimum atomic E-state index is -0.103. The molecule has 1 atom stereocenters. The number of ether oxygens (including phenoxy) is 1. The summed E-state index contributed by atoms with van der Waals surface area (Å²) in [6, 6.07) is -0.103. The maximum atomic E-state index is 11.5. The van der Waals surface area contributed by atoms with Gasteiger partial charge in [-0.15, -0.1) is 0 Å². The summed E-state index contributed by atoms with van der Waals surface area (Å²) in [6.45, 7) is 1.49. The Morgan fingerprint density at radius 3 is 3.06 bits per heavy atom. The lowest BCUT2D eigenvalue weighted by atomic mass is 9.97. The molecule has 0 aromatic carbocycles. The Kier molecular flexibility index (Phi) is 4.86. The van der Waals surface area contributed by atoms with E-state index >= 15 is 0 Å². The van der Waals surface area contributed by atoms with E-state index in [1.165, 1.54) is 31.3 Å². The van der Waals surface area contributed by atoms with E-state index < -0.39 is 0 Å². The maximum Gasteiger partial charge on any atom is 0.316 e. The van der Waals surface area contributed by atoms with E-state index in [-0.39, 0.29) is 12.3 Å². The summed E-state index contributed by atoms with van der Waals surface area (Å²) in [6.07, 6.45) is 10.2. The fourth-order valence-electron chi connectivity index (χ4n) is 2.36. The molecule has 17 heavy (non-hydrogen) atoms. The number of urea groups is 1. The molecule has 4 heteroatoms. The highest BCUT2D eigenvalue weighted by Gasteiger charge is 2.17. The minimum absolute atomic E-state index is 0.0797. The normalized spacial score (nSPS) is 24.2. The zero-order chi connectivity index (χ0) is 11.9. The molecule has 0 bridgehead atoms. The second-order valence-electron chi connectivity index (χ2n) is 4.76. The van der Waals surface area contributed by atoms with E-state index in [1.54, 1.807) is 0 Å². The number of allylic oxidation sites excluding steroid dienone is 1. The molecule has 1 unspecified atom stereocenters. The summed E-state index contributed by atoms with van der Waals surface area (Å²) in [7, 11) is 0. The van der Waals surface area contributed by atoms with E-state index in [9.17, 15) is 4.79 Å². The van der Waals surface area contributed by atoms with E-state index in [4.69, 9.17) is 4.74 Å². The van der Waals surface area contributed by atoms with Crippen molar-refractivity contribution in [1.82, 2.24) is 10.6 Å². The molecule has 0 aromatic heterocycles. The van der Waals surface area contributed by atoms with Gasteiger partial charge in [0.25, 0.3) is 0 Å². The van der Waals surface area contributed by atoms with Gasteiger partial charge in [-0.1, -0.05) is 11.6 Å². The molecule has 96 valence electrons. The largest absolute Gasteiger partial charge is 0.358 e. The van der Waals surface area contributed by atoms with Crippen LogP contribution in [0.3, 0.4) is 0 Å². The Morgan fingerprint density at radius 2 is 2.35 bits per heavy atom. The SMILES string of the molecule is O=C(NCCC1=CCCCC1)NC1CCCO1. The Morgan fingerprint density at radius 1 is 1.41 bits per heavy atom. The zero-order valence-corrected chi connectivity index (χ0v) is 10.3. The number of hydrogen-bond acceptors (Lipinski definition) is 2. The zero-order valence-electron chi connectivity index (χ0n) is 10.3. The van der Waals surface area contributed by atoms with Gasteiger partial charge in [0.05, 0.1) is 0 Å². The summed E-state index contributed by atoms with van der Waals surface area (Å²) >= 11 is 0. The number of hydrogen-bond donors (Lipinski definition) is 2. The Balaban J connectivity index is 1.57. The monoisotopic (exact) mass is 238 g/mol. The predicted octanol–water partition coefficient (Wildman–Crippen LogP) is 2.31. The molecule has 0 aromatic rings. The molecule has 4 nitrogen and oxygen atoms in total. The summed E-state index contributed by atoms with van der Waals surface area (Å²) in [4.78, 5) is 11.5. The molecule has 2 N–H and O–H groups in total. The fourth-order valence-corrected chi connectivity index (χ4v) is 2.36. The third-order valence-corrected chi connectivity index (χ3v) is 3.34. The molecule has 1 aliphatic heterocycles. The number of rotatable bonds is 4. The first-order valence-electron chi connectivity index (χ1n) is 6.68. The lowest BCUT2D eigenvalue weighted by Crippen LogP contribution is -2.42. The Labute approximate surface area is 103 Å². The summed E-state index contributed by atoms with van der Waals surface area (Å²) in [5.41, 5.74) is 1.49. The van der Waals surface area contributed by atoms with Gasteiger partial charge in [0, 0.05) is 13.2 Å². The molecule has 0 spiro atoms. The van der Waals surface area contributed by atoms with Gasteiger partial charge in [-0.3, -0.25) is 0 Å². The van der Waals surface area contributed by atoms with Crippen molar-refractivity contribution in [3.63, 3.8) is 0 Å². The molecule has 2 amide bonds. The summed E-state index contributed by atoms with van der Waals surface area (Å²) < 4.78 is 5.34. The van der Waals surface area contributed by atoms with Crippen LogP contribution in [-0.4, -0.2) is 25.4 Å². The molecule has 1 aliphatic carbocycles. The van der Waals surface area contributed by atoms with E-state index in [1.807, 2.05) is 0 Å². The van der Waals surface area contributed by atoms with Crippen LogP contribution in [0.15, 0.2) is 11.6 Å². The van der Waals surface area contributed by atoms with Gasteiger partial charge in [0.1, 0.15) is 6.23 Å². The van der Waals surface area contributed by atoms with Crippen LogP contribution >= 0.6 is 0 Å². The van der Waals surface area contributed by atoms with Crippen LogP contribution < -0.4 is 10.6 Å². The van der Waals surface area contributed by atoms with Gasteiger partial charge >= 0.3 is 6.03 Å². The molecule has 1 saturated heterocycles. The lowest BCUT2D eigenvalue weighted by Gasteiger charge is -2.15. The first-order chi connectivity index (χ1) is 8.34. The summed E-state index contributed by atoms with van der Waals surface area (Å²) in [5.74, 6) is 0. The quantitative estimate of drug-likeness (QED) is 0.738. The van der Waals surface area contributed by atoms with E-state index in [2.05, 4.69) is 16.7 Å². The number of nitrogens with one attached hydrogen (secondary N) is 2. The van der Waals surface area contributed by atoms with E-state index in [0.717, 1.165) is 32.4 Å². The fraction of sp³-hybridized carbons (Fsp3) is 0.769. The molecule has 2 rings (SSSR count). The smallest absolute Gasteiger partial charge is 0.316 e. The van der Waals surface area contributed by atoms with Crippen LogP contribution in [0.5, 0.6) is 0 Å². The van der Waals surface area contributed by atoms with Crippen molar-refractivity contribution < 1.29 is 9.53 Å². The van der Waals surface area contributed by atoms with Gasteiger partial charge in [-0.2, -0.15) is 0 Å². The molecule has 1 fully saturated rings. The molecule has 0 radical (unpaired) electrons. The molecule has 2 aliphatic rings.